The van der Waals surface area contributed by atoms with Crippen LogP contribution in [0.1, 0.15) is 38.3 Å². The highest BCUT2D eigenvalue weighted by molar-refractivity contribution is 5.38. The number of rotatable bonds is 6. The van der Waals surface area contributed by atoms with Crippen molar-refractivity contribution in [1.29, 1.82) is 0 Å². The van der Waals surface area contributed by atoms with E-state index in [0.29, 0.717) is 11.7 Å². The number of aliphatic hydroxyl groups excluding tert-OH is 3. The van der Waals surface area contributed by atoms with Crippen molar-refractivity contribution in [2.24, 2.45) is 0 Å². The zero-order valence-electron chi connectivity index (χ0n) is 13.1. The molecule has 1 aliphatic rings. The first-order valence-corrected chi connectivity index (χ1v) is 7.92. The molecule has 0 aromatic carbocycles. The van der Waals surface area contributed by atoms with E-state index in [2.05, 4.69) is 24.1 Å². The molecule has 4 atom stereocenters. The van der Waals surface area contributed by atoms with Crippen molar-refractivity contribution in [1.82, 2.24) is 4.98 Å². The smallest absolute Gasteiger partial charge is 0.126 e. The van der Waals surface area contributed by atoms with Crippen LogP contribution in [0.5, 0.6) is 0 Å². The Labute approximate surface area is 131 Å². The Balaban J connectivity index is 2.06. The second-order valence-electron chi connectivity index (χ2n) is 5.75. The topological polar surface area (TPSA) is 94.8 Å². The summed E-state index contributed by atoms with van der Waals surface area (Å²) in [6.07, 6.45) is -0.808. The van der Waals surface area contributed by atoms with E-state index in [4.69, 9.17) is 9.84 Å². The Kier molecular flexibility index (Phi) is 6.14. The van der Waals surface area contributed by atoms with Gasteiger partial charge in [0.1, 0.15) is 24.1 Å². The highest BCUT2D eigenvalue weighted by Gasteiger charge is 2.38. The predicted molar refractivity (Wildman–Crippen MR) is 83.8 cm³/mol. The molecule has 0 saturated carbocycles. The van der Waals surface area contributed by atoms with Gasteiger partial charge in [-0.15, -0.1) is 0 Å². The molecule has 6 heteroatoms. The van der Waals surface area contributed by atoms with Crippen LogP contribution in [0.25, 0.3) is 0 Å². The fraction of sp³-hybridized carbons (Fsp3) is 0.688. The number of ether oxygens (including phenoxy) is 1. The molecule has 0 unspecified atom stereocenters. The van der Waals surface area contributed by atoms with E-state index in [1.165, 1.54) is 0 Å². The van der Waals surface area contributed by atoms with E-state index in [1.807, 2.05) is 18.2 Å². The first-order chi connectivity index (χ1) is 10.6. The summed E-state index contributed by atoms with van der Waals surface area (Å²) in [6.45, 7) is 4.17. The summed E-state index contributed by atoms with van der Waals surface area (Å²) in [5, 5.41) is 32.2. The number of anilines is 1. The standard InChI is InChI=1S/C16H26N2O4/c1-3-10(4-2)11-6-5-7-14(17-11)18-12-9-22-13(8-19)16(21)15(12)20/h5-7,10,12-13,15-16,19-21H,3-4,8-9H2,1-2H3,(H,17,18)/t12-,13+,15+,16-/m0/s1. The Morgan fingerprint density at radius 2 is 2.00 bits per heavy atom. The molecule has 22 heavy (non-hydrogen) atoms. The predicted octanol–water partition coefficient (Wildman–Crippen LogP) is 0.879. The van der Waals surface area contributed by atoms with Gasteiger partial charge in [0.15, 0.2) is 0 Å². The van der Waals surface area contributed by atoms with Gasteiger partial charge in [-0.25, -0.2) is 4.98 Å². The van der Waals surface area contributed by atoms with Gasteiger partial charge in [-0.1, -0.05) is 19.9 Å². The van der Waals surface area contributed by atoms with Crippen LogP contribution >= 0.6 is 0 Å². The molecule has 1 aromatic heterocycles. The van der Waals surface area contributed by atoms with Crippen molar-refractivity contribution in [3.8, 4) is 0 Å². The van der Waals surface area contributed by atoms with Gasteiger partial charge in [-0.3, -0.25) is 0 Å². The molecule has 1 aromatic rings. The summed E-state index contributed by atoms with van der Waals surface area (Å²) in [6, 6.07) is 5.32. The Morgan fingerprint density at radius 1 is 1.27 bits per heavy atom. The molecule has 0 aliphatic carbocycles. The van der Waals surface area contributed by atoms with Gasteiger partial charge in [0.25, 0.3) is 0 Å². The third-order valence-electron chi connectivity index (χ3n) is 4.32. The maximum atomic E-state index is 10.1. The fourth-order valence-electron chi connectivity index (χ4n) is 2.83. The van der Waals surface area contributed by atoms with Crippen LogP contribution in [0.2, 0.25) is 0 Å². The van der Waals surface area contributed by atoms with Gasteiger partial charge in [-0.05, 0) is 25.0 Å². The minimum atomic E-state index is -1.11. The van der Waals surface area contributed by atoms with Gasteiger partial charge in [0.2, 0.25) is 0 Å². The fourth-order valence-corrected chi connectivity index (χ4v) is 2.83. The van der Waals surface area contributed by atoms with E-state index in [-0.39, 0.29) is 13.2 Å². The second kappa shape index (κ2) is 7.87. The van der Waals surface area contributed by atoms with Crippen molar-refractivity contribution in [3.05, 3.63) is 23.9 Å². The number of hydrogen-bond donors (Lipinski definition) is 4. The molecule has 0 bridgehead atoms. The molecule has 6 nitrogen and oxygen atoms in total. The third kappa shape index (κ3) is 3.76. The van der Waals surface area contributed by atoms with Gasteiger partial charge in [-0.2, -0.15) is 0 Å². The molecule has 0 spiro atoms. The summed E-state index contributed by atoms with van der Waals surface area (Å²) in [4.78, 5) is 4.60. The summed E-state index contributed by atoms with van der Waals surface area (Å²) in [5.41, 5.74) is 1.02. The molecule has 0 amide bonds. The van der Waals surface area contributed by atoms with Crippen LogP contribution in [0.4, 0.5) is 5.82 Å². The molecule has 124 valence electrons. The summed E-state index contributed by atoms with van der Waals surface area (Å²) in [7, 11) is 0. The highest BCUT2D eigenvalue weighted by Crippen LogP contribution is 2.23. The molecule has 2 heterocycles. The quantitative estimate of drug-likeness (QED) is 0.623. The van der Waals surface area contributed by atoms with Crippen molar-refractivity contribution in [2.45, 2.75) is 57.0 Å². The van der Waals surface area contributed by atoms with Gasteiger partial charge < -0.3 is 25.4 Å². The van der Waals surface area contributed by atoms with Crippen LogP contribution in [-0.4, -0.2) is 57.9 Å². The van der Waals surface area contributed by atoms with E-state index in [9.17, 15) is 10.2 Å². The van der Waals surface area contributed by atoms with Crippen molar-refractivity contribution < 1.29 is 20.1 Å². The van der Waals surface area contributed by atoms with Gasteiger partial charge in [0.05, 0.1) is 19.3 Å². The van der Waals surface area contributed by atoms with Crippen LogP contribution in [0, 0.1) is 0 Å². The first kappa shape index (κ1) is 17.1. The average Bonchev–Trinajstić information content (AvgIpc) is 2.54. The molecule has 1 aliphatic heterocycles. The number of aromatic nitrogens is 1. The lowest BCUT2D eigenvalue weighted by atomic mass is 9.98. The molecular weight excluding hydrogens is 284 g/mol. The zero-order valence-corrected chi connectivity index (χ0v) is 13.1. The molecule has 0 radical (unpaired) electrons. The Morgan fingerprint density at radius 3 is 2.64 bits per heavy atom. The monoisotopic (exact) mass is 310 g/mol. The third-order valence-corrected chi connectivity index (χ3v) is 4.32. The number of nitrogens with one attached hydrogen (secondary N) is 1. The Hall–Kier alpha value is -1.21. The molecule has 1 saturated heterocycles. The summed E-state index contributed by atoms with van der Waals surface area (Å²) < 4.78 is 5.36. The van der Waals surface area contributed by atoms with Gasteiger partial charge in [0, 0.05) is 11.6 Å². The first-order valence-electron chi connectivity index (χ1n) is 7.92. The van der Waals surface area contributed by atoms with Crippen molar-refractivity contribution in [2.75, 3.05) is 18.5 Å². The highest BCUT2D eigenvalue weighted by atomic mass is 16.5. The van der Waals surface area contributed by atoms with E-state index >= 15 is 0 Å². The molecule has 4 N–H and O–H groups in total. The normalized spacial score (nSPS) is 28.8. The number of aliphatic hydroxyl groups is 3. The summed E-state index contributed by atoms with van der Waals surface area (Å²) >= 11 is 0. The lowest BCUT2D eigenvalue weighted by Gasteiger charge is -2.37. The van der Waals surface area contributed by atoms with Crippen molar-refractivity contribution >= 4 is 5.82 Å². The maximum Gasteiger partial charge on any atom is 0.126 e. The lowest BCUT2D eigenvalue weighted by molar-refractivity contribution is -0.152. The molecule has 1 fully saturated rings. The van der Waals surface area contributed by atoms with Crippen LogP contribution < -0.4 is 5.32 Å². The second-order valence-corrected chi connectivity index (χ2v) is 5.75. The van der Waals surface area contributed by atoms with E-state index in [0.717, 1.165) is 18.5 Å². The number of pyridine rings is 1. The van der Waals surface area contributed by atoms with Crippen LogP contribution in [-0.2, 0) is 4.74 Å². The number of nitrogens with zero attached hydrogens (tertiary/aromatic N) is 1. The van der Waals surface area contributed by atoms with Crippen LogP contribution in [0.15, 0.2) is 18.2 Å². The van der Waals surface area contributed by atoms with Crippen LogP contribution in [0.3, 0.4) is 0 Å². The van der Waals surface area contributed by atoms with E-state index < -0.39 is 24.4 Å². The SMILES string of the molecule is CCC(CC)c1cccc(N[C@H]2CO[C@H](CO)[C@H](O)[C@@H]2O)n1. The number of hydrogen-bond acceptors (Lipinski definition) is 6. The molecule has 2 rings (SSSR count). The van der Waals surface area contributed by atoms with Crippen molar-refractivity contribution in [3.63, 3.8) is 0 Å². The minimum absolute atomic E-state index is 0.209. The lowest BCUT2D eigenvalue weighted by Crippen LogP contribution is -2.56. The Bertz CT molecular complexity index is 467. The maximum absolute atomic E-state index is 10.1. The molecular formula is C16H26N2O4. The van der Waals surface area contributed by atoms with Gasteiger partial charge >= 0.3 is 0 Å². The average molecular weight is 310 g/mol. The summed E-state index contributed by atoms with van der Waals surface area (Å²) in [5.74, 6) is 1.07. The van der Waals surface area contributed by atoms with E-state index in [1.54, 1.807) is 0 Å². The zero-order chi connectivity index (χ0) is 16.1. The largest absolute Gasteiger partial charge is 0.394 e. The minimum Gasteiger partial charge on any atom is -0.394 e.